The lowest BCUT2D eigenvalue weighted by Gasteiger charge is -2.32. The molecule has 1 unspecified atom stereocenters. The Morgan fingerprint density at radius 2 is 2.17 bits per heavy atom. The maximum Gasteiger partial charge on any atom is 0.401 e. The van der Waals surface area contributed by atoms with Crippen molar-refractivity contribution in [1.29, 1.82) is 0 Å². The van der Waals surface area contributed by atoms with Crippen molar-refractivity contribution in [3.8, 4) is 0 Å². The molecule has 1 amide bonds. The molecule has 2 aromatic heterocycles. The fraction of sp³-hybridized carbons (Fsp3) is 0.500. The van der Waals surface area contributed by atoms with Gasteiger partial charge < -0.3 is 0 Å². The van der Waals surface area contributed by atoms with E-state index < -0.39 is 30.4 Å². The highest BCUT2D eigenvalue weighted by Crippen LogP contribution is 2.23. The number of piperidine rings is 1. The van der Waals surface area contributed by atoms with Crippen LogP contribution in [0.5, 0.6) is 0 Å². The van der Waals surface area contributed by atoms with Crippen LogP contribution in [-0.4, -0.2) is 51.2 Å². The van der Waals surface area contributed by atoms with Crippen LogP contribution in [-0.2, 0) is 4.79 Å². The Morgan fingerprint density at radius 1 is 1.38 bits per heavy atom. The maximum absolute atomic E-state index is 13.1. The number of fused-ring (bicyclic) bond motifs is 1. The lowest BCUT2D eigenvalue weighted by Crippen LogP contribution is -2.44. The maximum atomic E-state index is 13.1. The highest BCUT2D eigenvalue weighted by molar-refractivity contribution is 5.91. The first kappa shape index (κ1) is 16.6. The van der Waals surface area contributed by atoms with Crippen LogP contribution in [0.4, 0.5) is 23.5 Å². The normalized spacial score (nSPS) is 19.6. The second kappa shape index (κ2) is 6.34. The molecule has 1 aliphatic rings. The molecule has 0 saturated carbocycles. The average molecular weight is 345 g/mol. The van der Waals surface area contributed by atoms with Crippen molar-refractivity contribution in [3.63, 3.8) is 0 Å². The fourth-order valence-electron chi connectivity index (χ4n) is 2.79. The molecule has 3 heterocycles. The predicted octanol–water partition coefficient (Wildman–Crippen LogP) is 2.08. The third-order valence-electron chi connectivity index (χ3n) is 3.81. The van der Waals surface area contributed by atoms with Crippen LogP contribution in [0.25, 0.3) is 5.65 Å². The zero-order chi connectivity index (χ0) is 17.3. The molecule has 3 rings (SSSR count). The Labute approximate surface area is 134 Å². The number of amides is 1. The summed E-state index contributed by atoms with van der Waals surface area (Å²) in [7, 11) is 0. The SMILES string of the molecule is O=C(Nc1nc2ccc(F)cn2n1)C1CCCN(CC(F)(F)F)C1. The molecule has 1 N–H and O–H groups in total. The Morgan fingerprint density at radius 3 is 2.92 bits per heavy atom. The number of hydrogen-bond donors (Lipinski definition) is 1. The van der Waals surface area contributed by atoms with E-state index in [1.807, 2.05) is 0 Å². The van der Waals surface area contributed by atoms with Crippen molar-refractivity contribution >= 4 is 17.5 Å². The summed E-state index contributed by atoms with van der Waals surface area (Å²) in [4.78, 5) is 17.5. The summed E-state index contributed by atoms with van der Waals surface area (Å²) < 4.78 is 51.7. The van der Waals surface area contributed by atoms with Crippen molar-refractivity contribution in [3.05, 3.63) is 24.1 Å². The Bertz CT molecular complexity index is 744. The van der Waals surface area contributed by atoms with Crippen LogP contribution in [0.1, 0.15) is 12.8 Å². The van der Waals surface area contributed by atoms with Gasteiger partial charge in [-0.05, 0) is 31.5 Å². The zero-order valence-corrected chi connectivity index (χ0v) is 12.6. The van der Waals surface area contributed by atoms with Crippen molar-refractivity contribution in [1.82, 2.24) is 19.5 Å². The van der Waals surface area contributed by atoms with Crippen LogP contribution in [0, 0.1) is 11.7 Å². The highest BCUT2D eigenvalue weighted by atomic mass is 19.4. The van der Waals surface area contributed by atoms with E-state index in [1.54, 1.807) is 0 Å². The molecule has 130 valence electrons. The summed E-state index contributed by atoms with van der Waals surface area (Å²) in [5.41, 5.74) is 0.356. The molecule has 1 atom stereocenters. The molecule has 0 aromatic carbocycles. The number of pyridine rings is 1. The summed E-state index contributed by atoms with van der Waals surface area (Å²) in [6.07, 6.45) is -2.16. The second-order valence-corrected chi connectivity index (χ2v) is 5.76. The van der Waals surface area contributed by atoms with Crippen molar-refractivity contribution in [2.75, 3.05) is 25.0 Å². The van der Waals surface area contributed by atoms with E-state index >= 15 is 0 Å². The topological polar surface area (TPSA) is 62.5 Å². The average Bonchev–Trinajstić information content (AvgIpc) is 2.87. The van der Waals surface area contributed by atoms with Gasteiger partial charge in [-0.25, -0.2) is 8.91 Å². The van der Waals surface area contributed by atoms with E-state index in [2.05, 4.69) is 15.4 Å². The number of carbonyl (C=O) groups excluding carboxylic acids is 1. The number of halogens is 4. The first-order valence-electron chi connectivity index (χ1n) is 7.42. The van der Waals surface area contributed by atoms with E-state index in [0.29, 0.717) is 25.0 Å². The van der Waals surface area contributed by atoms with E-state index in [-0.39, 0.29) is 12.5 Å². The van der Waals surface area contributed by atoms with Crippen molar-refractivity contribution in [2.24, 2.45) is 5.92 Å². The molecule has 1 fully saturated rings. The van der Waals surface area contributed by atoms with Crippen LogP contribution < -0.4 is 5.32 Å². The molecular weight excluding hydrogens is 330 g/mol. The molecule has 0 radical (unpaired) electrons. The molecule has 0 spiro atoms. The van der Waals surface area contributed by atoms with Gasteiger partial charge in [0.1, 0.15) is 5.82 Å². The number of likely N-dealkylation sites (tertiary alicyclic amines) is 1. The molecule has 2 aromatic rings. The van der Waals surface area contributed by atoms with Crippen molar-refractivity contribution in [2.45, 2.75) is 19.0 Å². The van der Waals surface area contributed by atoms with Gasteiger partial charge in [0.2, 0.25) is 11.9 Å². The summed E-state index contributed by atoms with van der Waals surface area (Å²) in [5, 5.41) is 6.42. The number of nitrogens with one attached hydrogen (secondary N) is 1. The minimum absolute atomic E-state index is 0.00135. The van der Waals surface area contributed by atoms with Crippen LogP contribution in [0.2, 0.25) is 0 Å². The number of carbonyl (C=O) groups is 1. The lowest BCUT2D eigenvalue weighted by atomic mass is 9.97. The predicted molar refractivity (Wildman–Crippen MR) is 76.8 cm³/mol. The Kier molecular flexibility index (Phi) is 4.39. The molecule has 0 aliphatic carbocycles. The number of alkyl halides is 3. The number of anilines is 1. The van der Waals surface area contributed by atoms with Gasteiger partial charge in [-0.15, -0.1) is 5.10 Å². The van der Waals surface area contributed by atoms with E-state index in [0.717, 1.165) is 6.20 Å². The van der Waals surface area contributed by atoms with Crippen LogP contribution in [0.15, 0.2) is 18.3 Å². The van der Waals surface area contributed by atoms with E-state index in [9.17, 15) is 22.4 Å². The fourth-order valence-corrected chi connectivity index (χ4v) is 2.79. The van der Waals surface area contributed by atoms with E-state index in [1.165, 1.54) is 21.5 Å². The molecule has 24 heavy (non-hydrogen) atoms. The smallest absolute Gasteiger partial charge is 0.294 e. The number of hydrogen-bond acceptors (Lipinski definition) is 4. The number of aromatic nitrogens is 3. The Balaban J connectivity index is 1.65. The van der Waals surface area contributed by atoms with Gasteiger partial charge in [-0.3, -0.25) is 15.0 Å². The minimum atomic E-state index is -4.29. The van der Waals surface area contributed by atoms with E-state index in [4.69, 9.17) is 0 Å². The van der Waals surface area contributed by atoms with Gasteiger partial charge in [0.05, 0.1) is 18.7 Å². The molecule has 1 saturated heterocycles. The zero-order valence-electron chi connectivity index (χ0n) is 12.6. The molecule has 10 heteroatoms. The third kappa shape index (κ3) is 3.99. The van der Waals surface area contributed by atoms with Gasteiger partial charge >= 0.3 is 6.18 Å². The van der Waals surface area contributed by atoms with Gasteiger partial charge in [0, 0.05) is 6.54 Å². The molecule has 0 bridgehead atoms. The van der Waals surface area contributed by atoms with Crippen LogP contribution in [0.3, 0.4) is 0 Å². The lowest BCUT2D eigenvalue weighted by molar-refractivity contribution is -0.151. The quantitative estimate of drug-likeness (QED) is 0.866. The molecular formula is C14H15F4N5O. The summed E-state index contributed by atoms with van der Waals surface area (Å²) >= 11 is 0. The summed E-state index contributed by atoms with van der Waals surface area (Å²) in [6.45, 7) is -0.675. The number of rotatable bonds is 3. The first-order valence-corrected chi connectivity index (χ1v) is 7.42. The monoisotopic (exact) mass is 345 g/mol. The van der Waals surface area contributed by atoms with Gasteiger partial charge in [-0.1, -0.05) is 0 Å². The largest absolute Gasteiger partial charge is 0.401 e. The second-order valence-electron chi connectivity index (χ2n) is 5.76. The molecule has 1 aliphatic heterocycles. The summed E-state index contributed by atoms with van der Waals surface area (Å²) in [6, 6.07) is 2.62. The van der Waals surface area contributed by atoms with Gasteiger partial charge in [0.25, 0.3) is 0 Å². The third-order valence-corrected chi connectivity index (χ3v) is 3.81. The van der Waals surface area contributed by atoms with Gasteiger partial charge in [0.15, 0.2) is 5.65 Å². The van der Waals surface area contributed by atoms with Crippen LogP contribution >= 0.6 is 0 Å². The number of nitrogens with zero attached hydrogens (tertiary/aromatic N) is 4. The molecule has 6 nitrogen and oxygen atoms in total. The Hall–Kier alpha value is -2.23. The van der Waals surface area contributed by atoms with Gasteiger partial charge in [-0.2, -0.15) is 18.2 Å². The summed E-state index contributed by atoms with van der Waals surface area (Å²) in [5.74, 6) is -1.50. The standard InChI is InChI=1S/C14H15F4N5O/c15-10-3-4-11-19-13(21-23(11)7-10)20-12(24)9-2-1-5-22(6-9)8-14(16,17)18/h3-4,7,9H,1-2,5-6,8H2,(H,20,21,24). The first-order chi connectivity index (χ1) is 11.3. The van der Waals surface area contributed by atoms with Crippen molar-refractivity contribution < 1.29 is 22.4 Å². The minimum Gasteiger partial charge on any atom is -0.294 e. The highest BCUT2D eigenvalue weighted by Gasteiger charge is 2.34.